The van der Waals surface area contributed by atoms with E-state index in [1.807, 2.05) is 21.1 Å². The van der Waals surface area contributed by atoms with Crippen molar-refractivity contribution in [3.63, 3.8) is 0 Å². The maximum absolute atomic E-state index is 9.08. The zero-order chi connectivity index (χ0) is 11.1. The van der Waals surface area contributed by atoms with Gasteiger partial charge in [-0.3, -0.25) is 0 Å². The second-order valence-corrected chi connectivity index (χ2v) is 4.83. The standard InChI is InChI=1S/C6H16NO.CH4O3S/c1-5-6-8-7(2,3)4;1-5(2,3)4/h5-6H2,1-4H3;1H3,(H,2,3,4)/q+1;/p-1. The molecule has 0 aliphatic rings. The first kappa shape index (κ1) is 15.3. The van der Waals surface area contributed by atoms with Gasteiger partial charge < -0.3 is 4.55 Å². The molecule has 0 saturated carbocycles. The third-order valence-corrected chi connectivity index (χ3v) is 0.683. The van der Waals surface area contributed by atoms with E-state index >= 15 is 0 Å². The summed E-state index contributed by atoms with van der Waals surface area (Å²) in [6.45, 7) is 2.96. The zero-order valence-electron chi connectivity index (χ0n) is 8.90. The molecule has 0 bridgehead atoms. The zero-order valence-corrected chi connectivity index (χ0v) is 9.72. The van der Waals surface area contributed by atoms with Gasteiger partial charge >= 0.3 is 0 Å². The first-order valence-electron chi connectivity index (χ1n) is 3.93. The fraction of sp³-hybridized carbons (Fsp3) is 1.00. The molecule has 0 aliphatic carbocycles. The van der Waals surface area contributed by atoms with Gasteiger partial charge in [0.05, 0.1) is 31.3 Å². The highest BCUT2D eigenvalue weighted by molar-refractivity contribution is 7.84. The molecule has 0 radical (unpaired) electrons. The molecular weight excluding hydrogens is 194 g/mol. The molecule has 0 aromatic carbocycles. The molecule has 0 saturated heterocycles. The molecule has 13 heavy (non-hydrogen) atoms. The van der Waals surface area contributed by atoms with E-state index < -0.39 is 10.1 Å². The monoisotopic (exact) mass is 213 g/mol. The normalized spacial score (nSPS) is 11.8. The van der Waals surface area contributed by atoms with E-state index in [2.05, 4.69) is 6.92 Å². The Balaban J connectivity index is 0. The molecule has 0 aromatic heterocycles. The maximum atomic E-state index is 9.08. The van der Waals surface area contributed by atoms with Crippen LogP contribution >= 0.6 is 0 Å². The van der Waals surface area contributed by atoms with Crippen LogP contribution in [0.3, 0.4) is 0 Å². The molecule has 0 spiro atoms. The summed E-state index contributed by atoms with van der Waals surface area (Å²) < 4.78 is 27.8. The molecule has 82 valence electrons. The summed E-state index contributed by atoms with van der Waals surface area (Å²) >= 11 is 0. The Kier molecular flexibility index (Phi) is 7.43. The van der Waals surface area contributed by atoms with Crippen LogP contribution < -0.4 is 0 Å². The predicted molar refractivity (Wildman–Crippen MR) is 49.9 cm³/mol. The highest BCUT2D eigenvalue weighted by atomic mass is 32.2. The molecule has 0 fully saturated rings. The smallest absolute Gasteiger partial charge is 0.106 e. The van der Waals surface area contributed by atoms with E-state index in [9.17, 15) is 0 Å². The van der Waals surface area contributed by atoms with E-state index in [0.717, 1.165) is 13.0 Å². The molecular formula is C7H19NO4S. The van der Waals surface area contributed by atoms with Crippen LogP contribution in [-0.4, -0.2) is 51.6 Å². The molecule has 5 nitrogen and oxygen atoms in total. The van der Waals surface area contributed by atoms with Crippen LogP contribution in [0.4, 0.5) is 0 Å². The predicted octanol–water partition coefficient (Wildman–Crippen LogP) is 0.196. The van der Waals surface area contributed by atoms with Gasteiger partial charge in [-0.1, -0.05) is 6.92 Å². The fourth-order valence-corrected chi connectivity index (χ4v) is 0.365. The van der Waals surface area contributed by atoms with E-state index in [1.54, 1.807) is 0 Å². The summed E-state index contributed by atoms with van der Waals surface area (Å²) in [7, 11) is 2.11. The van der Waals surface area contributed by atoms with E-state index in [-0.39, 0.29) is 0 Å². The number of hydroxylamine groups is 3. The SMILES string of the molecule is CCCO[N+](C)(C)C.CS(=O)(=O)[O-]. The lowest BCUT2D eigenvalue weighted by Gasteiger charge is -2.20. The van der Waals surface area contributed by atoms with Crippen LogP contribution in [0.25, 0.3) is 0 Å². The van der Waals surface area contributed by atoms with Crippen molar-refractivity contribution in [1.29, 1.82) is 0 Å². The van der Waals surface area contributed by atoms with Gasteiger partial charge in [-0.05, 0) is 6.42 Å². The number of hydrogen-bond acceptors (Lipinski definition) is 4. The van der Waals surface area contributed by atoms with Crippen molar-refractivity contribution in [2.24, 2.45) is 0 Å². The van der Waals surface area contributed by atoms with Crippen LogP contribution in [0.2, 0.25) is 0 Å². The lowest BCUT2D eigenvalue weighted by atomic mass is 10.5. The summed E-state index contributed by atoms with van der Waals surface area (Å²) in [5, 5.41) is 0. The average molecular weight is 213 g/mol. The molecule has 0 rings (SSSR count). The van der Waals surface area contributed by atoms with Gasteiger partial charge in [0.2, 0.25) is 0 Å². The van der Waals surface area contributed by atoms with Crippen LogP contribution in [0, 0.1) is 0 Å². The minimum absolute atomic E-state index is 0.604. The Labute approximate surface area is 80.6 Å². The molecule has 6 heteroatoms. The summed E-state index contributed by atoms with van der Waals surface area (Å²) in [5.41, 5.74) is 0. The van der Waals surface area contributed by atoms with Crippen molar-refractivity contribution >= 4 is 10.1 Å². The minimum Gasteiger partial charge on any atom is -0.748 e. The summed E-state index contributed by atoms with van der Waals surface area (Å²) in [5.74, 6) is 0. The van der Waals surface area contributed by atoms with E-state index in [0.29, 0.717) is 10.9 Å². The Bertz CT molecular complexity index is 197. The third kappa shape index (κ3) is 49.0. The number of nitrogens with zero attached hydrogens (tertiary/aromatic N) is 1. The van der Waals surface area contributed by atoms with Gasteiger partial charge in [0.15, 0.2) is 0 Å². The number of hydrogen-bond donors (Lipinski definition) is 0. The van der Waals surface area contributed by atoms with Crippen LogP contribution in [0.15, 0.2) is 0 Å². The first-order chi connectivity index (χ1) is 5.56. The second-order valence-electron chi connectivity index (χ2n) is 3.43. The van der Waals surface area contributed by atoms with Crippen molar-refractivity contribution in [1.82, 2.24) is 0 Å². The van der Waals surface area contributed by atoms with Gasteiger partial charge in [-0.15, -0.1) is 0 Å². The van der Waals surface area contributed by atoms with E-state index in [1.165, 1.54) is 0 Å². The summed E-state index contributed by atoms with van der Waals surface area (Å²) in [6.07, 6.45) is 1.70. The summed E-state index contributed by atoms with van der Waals surface area (Å²) in [6, 6.07) is 0. The van der Waals surface area contributed by atoms with Crippen molar-refractivity contribution < 1.29 is 22.5 Å². The minimum atomic E-state index is -3.92. The Hall–Kier alpha value is -0.170. The fourth-order valence-electron chi connectivity index (χ4n) is 0.365. The van der Waals surface area contributed by atoms with Gasteiger partial charge in [-0.2, -0.15) is 4.65 Å². The highest BCUT2D eigenvalue weighted by Gasteiger charge is 2.04. The van der Waals surface area contributed by atoms with Crippen molar-refractivity contribution in [3.8, 4) is 0 Å². The Morgan fingerprint density at radius 1 is 1.31 bits per heavy atom. The highest BCUT2D eigenvalue weighted by Crippen LogP contribution is 1.92. The molecule has 0 N–H and O–H groups in total. The average Bonchev–Trinajstić information content (AvgIpc) is 1.77. The van der Waals surface area contributed by atoms with Crippen LogP contribution in [-0.2, 0) is 15.0 Å². The maximum Gasteiger partial charge on any atom is 0.106 e. The largest absolute Gasteiger partial charge is 0.748 e. The number of rotatable bonds is 3. The molecule has 0 aliphatic heterocycles. The molecule has 0 atom stereocenters. The van der Waals surface area contributed by atoms with Crippen LogP contribution in [0.1, 0.15) is 13.3 Å². The lowest BCUT2D eigenvalue weighted by molar-refractivity contribution is -1.06. The van der Waals surface area contributed by atoms with E-state index in [4.69, 9.17) is 17.8 Å². The van der Waals surface area contributed by atoms with Crippen molar-refractivity contribution in [2.45, 2.75) is 13.3 Å². The van der Waals surface area contributed by atoms with Crippen LogP contribution in [0.5, 0.6) is 0 Å². The van der Waals surface area contributed by atoms with Crippen molar-refractivity contribution in [2.75, 3.05) is 34.0 Å². The summed E-state index contributed by atoms with van der Waals surface area (Å²) in [4.78, 5) is 5.32. The van der Waals surface area contributed by atoms with Gasteiger partial charge in [0.1, 0.15) is 6.61 Å². The molecule has 0 aromatic rings. The lowest BCUT2D eigenvalue weighted by Crippen LogP contribution is -2.34. The second kappa shape index (κ2) is 6.31. The third-order valence-electron chi connectivity index (χ3n) is 0.683. The Morgan fingerprint density at radius 3 is 1.69 bits per heavy atom. The van der Waals surface area contributed by atoms with Gasteiger partial charge in [0.25, 0.3) is 0 Å². The molecule has 0 unspecified atom stereocenters. The molecule has 0 heterocycles. The topological polar surface area (TPSA) is 66.4 Å². The quantitative estimate of drug-likeness (QED) is 0.381. The number of quaternary nitrogens is 1. The molecule has 0 amide bonds. The van der Waals surface area contributed by atoms with Gasteiger partial charge in [0, 0.05) is 6.26 Å². The Morgan fingerprint density at radius 2 is 1.62 bits per heavy atom. The van der Waals surface area contributed by atoms with Gasteiger partial charge in [-0.25, -0.2) is 13.3 Å². The van der Waals surface area contributed by atoms with Crippen molar-refractivity contribution in [3.05, 3.63) is 0 Å². The first-order valence-corrected chi connectivity index (χ1v) is 5.74.